The van der Waals surface area contributed by atoms with Gasteiger partial charge in [0.15, 0.2) is 0 Å². The number of unbranched alkanes of at least 4 members (excludes halogenated alkanes) is 9. The molecule has 0 spiro atoms. The summed E-state index contributed by atoms with van der Waals surface area (Å²) in [5, 5.41) is 2.68. The van der Waals surface area contributed by atoms with Crippen LogP contribution in [0.5, 0.6) is 0 Å². The van der Waals surface area contributed by atoms with Gasteiger partial charge in [0.25, 0.3) is 0 Å². The van der Waals surface area contributed by atoms with Crippen LogP contribution in [0.4, 0.5) is 5.69 Å². The summed E-state index contributed by atoms with van der Waals surface area (Å²) in [6, 6.07) is 15.6. The summed E-state index contributed by atoms with van der Waals surface area (Å²) in [6.45, 7) is 4.42. The summed E-state index contributed by atoms with van der Waals surface area (Å²) in [5.74, 6) is 0. The predicted octanol–water partition coefficient (Wildman–Crippen LogP) is 8.38. The fourth-order valence-electron chi connectivity index (χ4n) is 4.91. The number of nitrogens with zero attached hydrogens (tertiary/aromatic N) is 3. The summed E-state index contributed by atoms with van der Waals surface area (Å²) in [4.78, 5) is 4.83. The molecule has 0 atom stereocenters. The second-order valence-electron chi connectivity index (χ2n) is 9.18. The number of rotatable bonds is 12. The second kappa shape index (κ2) is 12.3. The lowest BCUT2D eigenvalue weighted by Gasteiger charge is -2.21. The Bertz CT molecular complexity index is 1010. The van der Waals surface area contributed by atoms with Gasteiger partial charge in [0.05, 0.1) is 6.67 Å². The smallest absolute Gasteiger partial charge is 0.0941 e. The van der Waals surface area contributed by atoms with E-state index in [1.165, 1.54) is 98.2 Å². The average Bonchev–Trinajstić information content (AvgIpc) is 3.38. The van der Waals surface area contributed by atoms with Crippen LogP contribution in [0.1, 0.15) is 71.1 Å². The summed E-state index contributed by atoms with van der Waals surface area (Å²) in [7, 11) is 2.16. The van der Waals surface area contributed by atoms with Crippen LogP contribution in [-0.2, 0) is 7.05 Å². The van der Waals surface area contributed by atoms with E-state index in [1.54, 1.807) is 0 Å². The molecule has 0 saturated carbocycles. The molecule has 4 heteroatoms. The van der Waals surface area contributed by atoms with E-state index in [1.807, 2.05) is 0 Å². The van der Waals surface area contributed by atoms with Crippen molar-refractivity contribution in [1.82, 2.24) is 9.47 Å². The van der Waals surface area contributed by atoms with Gasteiger partial charge in [-0.2, -0.15) is 0 Å². The maximum absolute atomic E-state index is 2.46. The summed E-state index contributed by atoms with van der Waals surface area (Å²) >= 11 is 0. The molecule has 1 aliphatic rings. The maximum Gasteiger partial charge on any atom is 0.0941 e. The molecule has 0 bridgehead atoms. The van der Waals surface area contributed by atoms with E-state index in [4.69, 9.17) is 0 Å². The van der Waals surface area contributed by atoms with Crippen LogP contribution in [0.15, 0.2) is 54.9 Å². The normalized spacial score (nSPS) is 13.4. The number of aryl methyl sites for hydroxylation is 1. The third-order valence-corrected chi connectivity index (χ3v) is 6.82. The fraction of sp³-hybridized carbons (Fsp3) is 0.500. The SMILES string of the molecule is Br.CCCCCCCCCCCCN1C=CN(c2ccc3c(c2)c2ccccc2n3C)C1. The van der Waals surface area contributed by atoms with Crippen LogP contribution >= 0.6 is 17.0 Å². The van der Waals surface area contributed by atoms with Crippen LogP contribution in [0.25, 0.3) is 21.8 Å². The van der Waals surface area contributed by atoms with Gasteiger partial charge < -0.3 is 14.4 Å². The molecule has 2 aromatic carbocycles. The largest absolute Gasteiger partial charge is 0.358 e. The second-order valence-corrected chi connectivity index (χ2v) is 9.18. The number of anilines is 1. The Morgan fingerprint density at radius 2 is 1.38 bits per heavy atom. The number of halogens is 1. The molecule has 3 aromatic rings. The number of benzene rings is 2. The van der Waals surface area contributed by atoms with E-state index >= 15 is 0 Å². The lowest BCUT2D eigenvalue weighted by atomic mass is 10.1. The fourth-order valence-corrected chi connectivity index (χ4v) is 4.91. The molecule has 0 aliphatic carbocycles. The molecule has 0 fully saturated rings. The molecule has 174 valence electrons. The van der Waals surface area contributed by atoms with Gasteiger partial charge >= 0.3 is 0 Å². The van der Waals surface area contributed by atoms with Crippen LogP contribution < -0.4 is 4.90 Å². The zero-order valence-corrected chi connectivity index (χ0v) is 21.6. The number of fused-ring (bicyclic) bond motifs is 3. The highest BCUT2D eigenvalue weighted by molar-refractivity contribution is 8.93. The molecule has 3 nitrogen and oxygen atoms in total. The van der Waals surface area contributed by atoms with Crippen molar-refractivity contribution in [3.05, 3.63) is 54.9 Å². The van der Waals surface area contributed by atoms with E-state index < -0.39 is 0 Å². The van der Waals surface area contributed by atoms with Gasteiger partial charge in [0, 0.05) is 53.5 Å². The highest BCUT2D eigenvalue weighted by atomic mass is 79.9. The molecule has 32 heavy (non-hydrogen) atoms. The number of hydrogen-bond acceptors (Lipinski definition) is 2. The molecule has 0 unspecified atom stereocenters. The van der Waals surface area contributed by atoms with Crippen LogP contribution in [0, 0.1) is 0 Å². The molecule has 0 radical (unpaired) electrons. The number of para-hydroxylation sites is 1. The van der Waals surface area contributed by atoms with E-state index in [2.05, 4.69) is 83.2 Å². The van der Waals surface area contributed by atoms with Crippen molar-refractivity contribution in [3.8, 4) is 0 Å². The van der Waals surface area contributed by atoms with Gasteiger partial charge in [-0.1, -0.05) is 82.9 Å². The molecule has 0 saturated heterocycles. The first-order valence-corrected chi connectivity index (χ1v) is 12.4. The average molecular weight is 499 g/mol. The molecule has 1 aromatic heterocycles. The lowest BCUT2D eigenvalue weighted by Crippen LogP contribution is -2.25. The van der Waals surface area contributed by atoms with Crippen LogP contribution in [0.2, 0.25) is 0 Å². The summed E-state index contributed by atoms with van der Waals surface area (Å²) in [6.07, 6.45) is 18.5. The van der Waals surface area contributed by atoms with Crippen LogP contribution in [-0.4, -0.2) is 22.7 Å². The quantitative estimate of drug-likeness (QED) is 0.232. The van der Waals surface area contributed by atoms with Gasteiger partial charge in [0.1, 0.15) is 0 Å². The Balaban J connectivity index is 0.00000289. The van der Waals surface area contributed by atoms with Crippen molar-refractivity contribution in [3.63, 3.8) is 0 Å². The summed E-state index contributed by atoms with van der Waals surface area (Å²) < 4.78 is 2.30. The minimum atomic E-state index is 0. The van der Waals surface area contributed by atoms with Crippen molar-refractivity contribution in [1.29, 1.82) is 0 Å². The first kappa shape index (κ1) is 24.7. The topological polar surface area (TPSA) is 11.4 Å². The minimum Gasteiger partial charge on any atom is -0.358 e. The van der Waals surface area contributed by atoms with Crippen molar-refractivity contribution < 1.29 is 0 Å². The Kier molecular flexibility index (Phi) is 9.52. The van der Waals surface area contributed by atoms with Gasteiger partial charge in [-0.15, -0.1) is 17.0 Å². The molecular weight excluding hydrogens is 458 g/mol. The molecule has 2 heterocycles. The van der Waals surface area contributed by atoms with E-state index in [9.17, 15) is 0 Å². The molecular formula is C28H40BrN3. The third kappa shape index (κ3) is 5.89. The van der Waals surface area contributed by atoms with Crippen molar-refractivity contribution in [2.24, 2.45) is 7.05 Å². The third-order valence-electron chi connectivity index (χ3n) is 6.82. The highest BCUT2D eigenvalue weighted by Crippen LogP contribution is 2.32. The van der Waals surface area contributed by atoms with Crippen molar-refractivity contribution in [2.75, 3.05) is 18.1 Å². The molecule has 0 amide bonds. The van der Waals surface area contributed by atoms with Crippen molar-refractivity contribution >= 4 is 44.5 Å². The Morgan fingerprint density at radius 3 is 2.12 bits per heavy atom. The number of aromatic nitrogens is 1. The van der Waals surface area contributed by atoms with Gasteiger partial charge in [-0.05, 0) is 30.7 Å². The highest BCUT2D eigenvalue weighted by Gasteiger charge is 2.15. The molecule has 1 aliphatic heterocycles. The Morgan fingerprint density at radius 1 is 0.719 bits per heavy atom. The van der Waals surface area contributed by atoms with Crippen LogP contribution in [0.3, 0.4) is 0 Å². The standard InChI is InChI=1S/C28H39N3.BrH/c1-3-4-5-6-7-8-9-10-11-14-19-30-20-21-31(23-30)24-17-18-28-26(22-24)25-15-12-13-16-27(25)29(28)2;/h12-13,15-18,20-22H,3-11,14,19,23H2,1-2H3;1H. The van der Waals surface area contributed by atoms with Gasteiger partial charge in [0.2, 0.25) is 0 Å². The van der Waals surface area contributed by atoms with Gasteiger partial charge in [-0.3, -0.25) is 0 Å². The van der Waals surface area contributed by atoms with E-state index in [0.29, 0.717) is 0 Å². The monoisotopic (exact) mass is 497 g/mol. The minimum absolute atomic E-state index is 0. The number of hydrogen-bond donors (Lipinski definition) is 0. The first-order valence-electron chi connectivity index (χ1n) is 12.4. The predicted molar refractivity (Wildman–Crippen MR) is 146 cm³/mol. The molecule has 4 rings (SSSR count). The molecule has 0 N–H and O–H groups in total. The van der Waals surface area contributed by atoms with Gasteiger partial charge in [-0.25, -0.2) is 0 Å². The Hall–Kier alpha value is -1.94. The zero-order chi connectivity index (χ0) is 21.5. The first-order chi connectivity index (χ1) is 15.3. The Labute approximate surface area is 204 Å². The lowest BCUT2D eigenvalue weighted by molar-refractivity contribution is 0.388. The van der Waals surface area contributed by atoms with Crippen molar-refractivity contribution in [2.45, 2.75) is 71.1 Å². The van der Waals surface area contributed by atoms with E-state index in [-0.39, 0.29) is 17.0 Å². The maximum atomic E-state index is 2.46. The zero-order valence-electron chi connectivity index (χ0n) is 19.9. The van der Waals surface area contributed by atoms with E-state index in [0.717, 1.165) is 6.67 Å². The summed E-state index contributed by atoms with van der Waals surface area (Å²) in [5.41, 5.74) is 3.88.